The molecule has 4 heterocycles. The standard InChI is InChI=1S/C29H28ClN5O/c1-34-13-19(14-35-16-29(17-35)11-25(36)32-15-29)27-28(34)33-24(12-31-27)23-10-4-9-22(26(23)30)21-8-3-6-18-5-2-7-20(18)21/h3-4,6,8-10,12-13H,2,5,7,11,14-17H2,1H3,(H,32,36). The van der Waals surface area contributed by atoms with Crippen molar-refractivity contribution in [3.05, 3.63) is 70.5 Å². The Bertz CT molecular complexity index is 1530. The number of hydrogen-bond donors (Lipinski definition) is 1. The molecular formula is C29H28ClN5O. The van der Waals surface area contributed by atoms with Crippen molar-refractivity contribution in [3.8, 4) is 22.4 Å². The molecule has 2 saturated heterocycles. The molecule has 1 amide bonds. The molecule has 2 aromatic carbocycles. The van der Waals surface area contributed by atoms with Gasteiger partial charge in [-0.2, -0.15) is 0 Å². The lowest BCUT2D eigenvalue weighted by Gasteiger charge is -2.47. The molecule has 7 rings (SSSR count). The van der Waals surface area contributed by atoms with Gasteiger partial charge in [-0.25, -0.2) is 4.98 Å². The highest BCUT2D eigenvalue weighted by molar-refractivity contribution is 6.36. The molecule has 2 aliphatic heterocycles. The van der Waals surface area contributed by atoms with E-state index in [9.17, 15) is 4.79 Å². The first kappa shape index (κ1) is 22.0. The number of halogens is 1. The van der Waals surface area contributed by atoms with E-state index >= 15 is 0 Å². The zero-order valence-electron chi connectivity index (χ0n) is 20.4. The van der Waals surface area contributed by atoms with E-state index in [0.29, 0.717) is 6.42 Å². The first-order chi connectivity index (χ1) is 17.5. The average Bonchev–Trinajstić information content (AvgIpc) is 3.57. The summed E-state index contributed by atoms with van der Waals surface area (Å²) in [4.78, 5) is 23.9. The van der Waals surface area contributed by atoms with Crippen molar-refractivity contribution in [1.29, 1.82) is 0 Å². The summed E-state index contributed by atoms with van der Waals surface area (Å²) >= 11 is 7.03. The summed E-state index contributed by atoms with van der Waals surface area (Å²) in [6.45, 7) is 3.50. The van der Waals surface area contributed by atoms with E-state index < -0.39 is 0 Å². The number of likely N-dealkylation sites (tertiary alicyclic amines) is 1. The molecule has 4 aromatic rings. The zero-order valence-corrected chi connectivity index (χ0v) is 21.1. The molecule has 182 valence electrons. The number of aryl methyl sites for hydroxylation is 2. The topological polar surface area (TPSA) is 63.0 Å². The summed E-state index contributed by atoms with van der Waals surface area (Å²) in [5, 5.41) is 3.71. The second-order valence-corrected chi connectivity index (χ2v) is 11.1. The lowest BCUT2D eigenvalue weighted by Crippen LogP contribution is -2.56. The lowest BCUT2D eigenvalue weighted by atomic mass is 9.79. The fourth-order valence-corrected chi connectivity index (χ4v) is 6.82. The van der Waals surface area contributed by atoms with E-state index in [1.165, 1.54) is 28.7 Å². The fourth-order valence-electron chi connectivity index (χ4n) is 6.49. The Morgan fingerprint density at radius 3 is 2.72 bits per heavy atom. The van der Waals surface area contributed by atoms with Crippen molar-refractivity contribution in [2.75, 3.05) is 19.6 Å². The molecule has 0 bridgehead atoms. The maximum Gasteiger partial charge on any atom is 0.220 e. The molecule has 7 heteroatoms. The zero-order chi connectivity index (χ0) is 24.4. The summed E-state index contributed by atoms with van der Waals surface area (Å²) in [5.74, 6) is 0.178. The van der Waals surface area contributed by atoms with Gasteiger partial charge in [0.1, 0.15) is 5.52 Å². The number of rotatable bonds is 4. The highest BCUT2D eigenvalue weighted by Gasteiger charge is 2.47. The number of nitrogens with one attached hydrogen (secondary N) is 1. The van der Waals surface area contributed by atoms with E-state index in [-0.39, 0.29) is 11.3 Å². The van der Waals surface area contributed by atoms with Gasteiger partial charge < -0.3 is 9.88 Å². The number of fused-ring (bicyclic) bond motifs is 2. The van der Waals surface area contributed by atoms with Gasteiger partial charge in [0.25, 0.3) is 0 Å². The molecule has 1 aliphatic carbocycles. The lowest BCUT2D eigenvalue weighted by molar-refractivity contribution is -0.120. The molecular weight excluding hydrogens is 470 g/mol. The Hall–Kier alpha value is -3.22. The smallest absolute Gasteiger partial charge is 0.220 e. The number of benzene rings is 2. The van der Waals surface area contributed by atoms with E-state index in [2.05, 4.69) is 51.3 Å². The Labute approximate surface area is 215 Å². The summed E-state index contributed by atoms with van der Waals surface area (Å²) < 4.78 is 2.05. The molecule has 2 fully saturated rings. The minimum atomic E-state index is 0.126. The van der Waals surface area contributed by atoms with Crippen LogP contribution in [-0.2, 0) is 31.2 Å². The second kappa shape index (κ2) is 8.15. The summed E-state index contributed by atoms with van der Waals surface area (Å²) in [6, 6.07) is 12.8. The number of nitrogens with zero attached hydrogens (tertiary/aromatic N) is 4. The predicted molar refractivity (Wildman–Crippen MR) is 142 cm³/mol. The minimum Gasteiger partial charge on any atom is -0.355 e. The quantitative estimate of drug-likeness (QED) is 0.441. The monoisotopic (exact) mass is 497 g/mol. The first-order valence-corrected chi connectivity index (χ1v) is 13.1. The SMILES string of the molecule is Cn1cc(CN2CC3(CNC(=O)C3)C2)c2ncc(-c3cccc(-c4cccc5c4CCC5)c3Cl)nc21. The van der Waals surface area contributed by atoms with Gasteiger partial charge >= 0.3 is 0 Å². The minimum absolute atomic E-state index is 0.126. The highest BCUT2D eigenvalue weighted by Crippen LogP contribution is 2.41. The Morgan fingerprint density at radius 2 is 1.89 bits per heavy atom. The number of carbonyl (C=O) groups excluding carboxylic acids is 1. The van der Waals surface area contributed by atoms with Crippen LogP contribution in [0, 0.1) is 5.41 Å². The van der Waals surface area contributed by atoms with Crippen LogP contribution in [0.1, 0.15) is 29.5 Å². The van der Waals surface area contributed by atoms with Crippen molar-refractivity contribution in [2.24, 2.45) is 12.5 Å². The second-order valence-electron chi connectivity index (χ2n) is 10.8. The highest BCUT2D eigenvalue weighted by atomic mass is 35.5. The first-order valence-electron chi connectivity index (χ1n) is 12.7. The molecule has 3 aliphatic rings. The molecule has 1 spiro atoms. The maximum absolute atomic E-state index is 11.7. The largest absolute Gasteiger partial charge is 0.355 e. The van der Waals surface area contributed by atoms with Crippen LogP contribution < -0.4 is 5.32 Å². The average molecular weight is 498 g/mol. The van der Waals surface area contributed by atoms with Gasteiger partial charge in [-0.05, 0) is 36.0 Å². The van der Waals surface area contributed by atoms with Crippen molar-refractivity contribution in [1.82, 2.24) is 24.8 Å². The van der Waals surface area contributed by atoms with Crippen LogP contribution >= 0.6 is 11.6 Å². The van der Waals surface area contributed by atoms with Gasteiger partial charge in [0.15, 0.2) is 5.65 Å². The van der Waals surface area contributed by atoms with Crippen LogP contribution in [0.5, 0.6) is 0 Å². The molecule has 0 radical (unpaired) electrons. The number of hydrogen-bond acceptors (Lipinski definition) is 4. The predicted octanol–water partition coefficient (Wildman–Crippen LogP) is 4.77. The maximum atomic E-state index is 11.7. The van der Waals surface area contributed by atoms with Gasteiger partial charge in [0, 0.05) is 67.9 Å². The third-order valence-corrected chi connectivity index (χ3v) is 8.57. The fraction of sp³-hybridized carbons (Fsp3) is 0.345. The van der Waals surface area contributed by atoms with E-state index in [4.69, 9.17) is 21.6 Å². The van der Waals surface area contributed by atoms with Crippen molar-refractivity contribution in [2.45, 2.75) is 32.2 Å². The molecule has 0 saturated carbocycles. The third-order valence-electron chi connectivity index (χ3n) is 8.16. The van der Waals surface area contributed by atoms with E-state index in [1.54, 1.807) is 0 Å². The van der Waals surface area contributed by atoms with Crippen LogP contribution in [0.3, 0.4) is 0 Å². The van der Waals surface area contributed by atoms with Crippen molar-refractivity contribution < 1.29 is 4.79 Å². The molecule has 36 heavy (non-hydrogen) atoms. The van der Waals surface area contributed by atoms with Gasteiger partial charge in [-0.15, -0.1) is 0 Å². The van der Waals surface area contributed by atoms with Gasteiger partial charge in [-0.3, -0.25) is 14.7 Å². The number of aromatic nitrogens is 3. The summed E-state index contributed by atoms with van der Waals surface area (Å²) in [5.41, 5.74) is 9.94. The van der Waals surface area contributed by atoms with Crippen molar-refractivity contribution in [3.63, 3.8) is 0 Å². The molecule has 1 N–H and O–H groups in total. The van der Waals surface area contributed by atoms with Crippen LogP contribution in [0.15, 0.2) is 48.8 Å². The van der Waals surface area contributed by atoms with E-state index in [0.717, 1.165) is 72.0 Å². The normalized spacial score (nSPS) is 18.6. The molecule has 2 aromatic heterocycles. The Morgan fingerprint density at radius 1 is 1.08 bits per heavy atom. The van der Waals surface area contributed by atoms with Crippen LogP contribution in [-0.4, -0.2) is 45.0 Å². The molecule has 0 atom stereocenters. The van der Waals surface area contributed by atoms with Gasteiger partial charge in [-0.1, -0.05) is 48.0 Å². The van der Waals surface area contributed by atoms with Crippen LogP contribution in [0.25, 0.3) is 33.5 Å². The number of carbonyl (C=O) groups is 1. The Kier molecular flexibility index (Phi) is 4.98. The number of amides is 1. The summed E-state index contributed by atoms with van der Waals surface area (Å²) in [7, 11) is 2.02. The molecule has 0 unspecified atom stereocenters. The van der Waals surface area contributed by atoms with E-state index in [1.807, 2.05) is 19.3 Å². The Balaban J connectivity index is 1.20. The van der Waals surface area contributed by atoms with Gasteiger partial charge in [0.2, 0.25) is 5.91 Å². The van der Waals surface area contributed by atoms with Gasteiger partial charge in [0.05, 0.1) is 16.9 Å². The van der Waals surface area contributed by atoms with Crippen LogP contribution in [0.4, 0.5) is 0 Å². The summed E-state index contributed by atoms with van der Waals surface area (Å²) in [6.07, 6.45) is 8.08. The third kappa shape index (κ3) is 3.46. The van der Waals surface area contributed by atoms with Crippen LogP contribution in [0.2, 0.25) is 5.02 Å². The van der Waals surface area contributed by atoms with Crippen molar-refractivity contribution >= 4 is 28.7 Å². The molecule has 6 nitrogen and oxygen atoms in total.